The fourth-order valence-corrected chi connectivity index (χ4v) is 4.81. The highest BCUT2D eigenvalue weighted by molar-refractivity contribution is 7.19. The van der Waals surface area contributed by atoms with Crippen molar-refractivity contribution in [3.8, 4) is 10.4 Å². The van der Waals surface area contributed by atoms with Crippen LogP contribution in [0.3, 0.4) is 0 Å². The molecule has 0 aliphatic carbocycles. The van der Waals surface area contributed by atoms with Gasteiger partial charge in [-0.05, 0) is 56.5 Å². The van der Waals surface area contributed by atoms with Gasteiger partial charge in [-0.3, -0.25) is 9.59 Å². The molecule has 7 nitrogen and oxygen atoms in total. The summed E-state index contributed by atoms with van der Waals surface area (Å²) in [4.78, 5) is 31.4. The van der Waals surface area contributed by atoms with Crippen LogP contribution < -0.4 is 11.1 Å². The number of thiophene rings is 1. The van der Waals surface area contributed by atoms with Gasteiger partial charge in [-0.25, -0.2) is 9.37 Å². The number of hydrogen-bond donors (Lipinski definition) is 3. The van der Waals surface area contributed by atoms with E-state index in [1.807, 2.05) is 0 Å². The second kappa shape index (κ2) is 8.92. The first-order valence-electron chi connectivity index (χ1n) is 10.6. The number of nitrogens with one attached hydrogen (secondary N) is 1. The van der Waals surface area contributed by atoms with Crippen molar-refractivity contribution in [3.63, 3.8) is 0 Å². The predicted octanol–water partition coefficient (Wildman–Crippen LogP) is 4.26. The molecule has 3 heterocycles. The lowest BCUT2D eigenvalue weighted by molar-refractivity contribution is 0.0778. The first kappa shape index (κ1) is 22.9. The Labute approximate surface area is 195 Å². The van der Waals surface area contributed by atoms with Crippen LogP contribution in [0.2, 0.25) is 0 Å². The van der Waals surface area contributed by atoms with Gasteiger partial charge in [0.05, 0.1) is 11.2 Å². The third kappa shape index (κ3) is 4.89. The molecule has 2 amide bonds. The summed E-state index contributed by atoms with van der Waals surface area (Å²) in [5.74, 6) is -0.937. The van der Waals surface area contributed by atoms with Crippen molar-refractivity contribution in [2.45, 2.75) is 32.3 Å². The van der Waals surface area contributed by atoms with E-state index in [4.69, 9.17) is 5.73 Å². The number of primary amides is 1. The summed E-state index contributed by atoms with van der Waals surface area (Å²) in [6, 6.07) is 11.1. The van der Waals surface area contributed by atoms with E-state index in [2.05, 4.69) is 10.3 Å². The SMILES string of the molecule is CC(C)(O)c1ccc(-c2cc(C(N)=O)c(Nc3cccc(C(=O)N4CCCC4)n3)s2)c(F)c1. The fourth-order valence-electron chi connectivity index (χ4n) is 3.72. The zero-order chi connectivity index (χ0) is 23.8. The number of benzene rings is 1. The van der Waals surface area contributed by atoms with E-state index in [9.17, 15) is 19.1 Å². The van der Waals surface area contributed by atoms with Crippen LogP contribution in [0.25, 0.3) is 10.4 Å². The molecule has 0 unspecified atom stereocenters. The standard InChI is InChI=1S/C24H25FN4O3S/c1-24(2,32)14-8-9-15(17(25)12-14)19-13-16(21(26)30)22(33-19)28-20-7-5-6-18(27-20)23(31)29-10-3-4-11-29/h5-9,12-13,32H,3-4,10-11H2,1-2H3,(H2,26,30)(H,27,28). The molecule has 1 aliphatic rings. The predicted molar refractivity (Wildman–Crippen MR) is 126 cm³/mol. The normalized spacial score (nSPS) is 13.9. The van der Waals surface area contributed by atoms with Crippen LogP contribution in [-0.2, 0) is 5.60 Å². The summed E-state index contributed by atoms with van der Waals surface area (Å²) >= 11 is 1.15. The number of rotatable bonds is 6. The second-order valence-corrected chi connectivity index (χ2v) is 9.56. The lowest BCUT2D eigenvalue weighted by Crippen LogP contribution is -2.28. The number of halogens is 1. The van der Waals surface area contributed by atoms with Crippen molar-refractivity contribution >= 4 is 34.0 Å². The number of aromatic nitrogens is 1. The molecule has 0 atom stereocenters. The average Bonchev–Trinajstić information content (AvgIpc) is 3.43. The van der Waals surface area contributed by atoms with E-state index in [0.717, 1.165) is 37.3 Å². The maximum atomic E-state index is 14.8. The number of likely N-dealkylation sites (tertiary alicyclic amines) is 1. The zero-order valence-corrected chi connectivity index (χ0v) is 19.2. The van der Waals surface area contributed by atoms with Gasteiger partial charge in [-0.2, -0.15) is 0 Å². The molecule has 1 saturated heterocycles. The molecular weight excluding hydrogens is 443 g/mol. The molecule has 0 radical (unpaired) electrons. The number of carbonyl (C=O) groups excluding carboxylic acids is 2. The first-order valence-corrected chi connectivity index (χ1v) is 11.4. The number of carbonyl (C=O) groups is 2. The molecule has 3 aromatic rings. The molecular formula is C24H25FN4O3S. The number of nitrogens with two attached hydrogens (primary N) is 1. The van der Waals surface area contributed by atoms with Gasteiger partial charge in [0.25, 0.3) is 11.8 Å². The van der Waals surface area contributed by atoms with Gasteiger partial charge >= 0.3 is 0 Å². The van der Waals surface area contributed by atoms with Gasteiger partial charge in [0.15, 0.2) is 0 Å². The number of hydrogen-bond acceptors (Lipinski definition) is 6. The van der Waals surface area contributed by atoms with Crippen molar-refractivity contribution in [3.05, 3.63) is 65.1 Å². The van der Waals surface area contributed by atoms with E-state index in [-0.39, 0.29) is 17.0 Å². The van der Waals surface area contributed by atoms with Gasteiger partial charge in [0.1, 0.15) is 22.3 Å². The Morgan fingerprint density at radius 3 is 2.55 bits per heavy atom. The third-order valence-corrected chi connectivity index (χ3v) is 6.63. The number of anilines is 2. The summed E-state index contributed by atoms with van der Waals surface area (Å²) in [6.45, 7) is 4.59. The quantitative estimate of drug-likeness (QED) is 0.501. The van der Waals surface area contributed by atoms with Gasteiger partial charge in [0, 0.05) is 23.5 Å². The highest BCUT2D eigenvalue weighted by Gasteiger charge is 2.23. The Hall–Kier alpha value is -3.30. The Balaban J connectivity index is 1.64. The number of aliphatic hydroxyl groups is 1. The van der Waals surface area contributed by atoms with Crippen LogP contribution in [0.15, 0.2) is 42.5 Å². The zero-order valence-electron chi connectivity index (χ0n) is 18.4. The van der Waals surface area contributed by atoms with Crippen LogP contribution in [-0.4, -0.2) is 39.9 Å². The summed E-state index contributed by atoms with van der Waals surface area (Å²) < 4.78 is 14.8. The minimum absolute atomic E-state index is 0.132. The van der Waals surface area contributed by atoms with Gasteiger partial charge < -0.3 is 21.1 Å². The van der Waals surface area contributed by atoms with Crippen molar-refractivity contribution in [2.75, 3.05) is 18.4 Å². The largest absolute Gasteiger partial charge is 0.386 e. The van der Waals surface area contributed by atoms with Crippen LogP contribution in [0.1, 0.15) is 53.1 Å². The van der Waals surface area contributed by atoms with Crippen LogP contribution in [0, 0.1) is 5.82 Å². The summed E-state index contributed by atoms with van der Waals surface area (Å²) in [5, 5.41) is 13.6. The van der Waals surface area contributed by atoms with Crippen molar-refractivity contribution in [1.82, 2.24) is 9.88 Å². The molecule has 0 spiro atoms. The van der Waals surface area contributed by atoms with Crippen LogP contribution in [0.5, 0.6) is 0 Å². The second-order valence-electron chi connectivity index (χ2n) is 8.50. The van der Waals surface area contributed by atoms with E-state index >= 15 is 0 Å². The highest BCUT2D eigenvalue weighted by Crippen LogP contribution is 2.38. The van der Waals surface area contributed by atoms with Crippen molar-refractivity contribution < 1.29 is 19.1 Å². The first-order chi connectivity index (χ1) is 15.6. The molecule has 0 bridgehead atoms. The van der Waals surface area contributed by atoms with Gasteiger partial charge in [0.2, 0.25) is 0 Å². The lowest BCUT2D eigenvalue weighted by atomic mass is 9.96. The number of amides is 2. The Bertz CT molecular complexity index is 1210. The van der Waals surface area contributed by atoms with Crippen molar-refractivity contribution in [1.29, 1.82) is 0 Å². The third-order valence-electron chi connectivity index (χ3n) is 5.54. The van der Waals surface area contributed by atoms with Gasteiger partial charge in [-0.15, -0.1) is 11.3 Å². The van der Waals surface area contributed by atoms with E-state index in [1.165, 1.54) is 12.1 Å². The summed E-state index contributed by atoms with van der Waals surface area (Å²) in [6.07, 6.45) is 1.97. The maximum absolute atomic E-state index is 14.8. The van der Waals surface area contributed by atoms with Crippen molar-refractivity contribution in [2.24, 2.45) is 5.73 Å². The summed E-state index contributed by atoms with van der Waals surface area (Å²) in [5.41, 5.74) is 5.62. The van der Waals surface area contributed by atoms with Crippen LogP contribution >= 0.6 is 11.3 Å². The monoisotopic (exact) mass is 468 g/mol. The Kier molecular flexibility index (Phi) is 6.18. The van der Waals surface area contributed by atoms with E-state index in [0.29, 0.717) is 27.0 Å². The molecule has 2 aromatic heterocycles. The molecule has 0 saturated carbocycles. The van der Waals surface area contributed by atoms with Gasteiger partial charge in [-0.1, -0.05) is 18.2 Å². The minimum atomic E-state index is -1.18. The molecule has 9 heteroatoms. The van der Waals surface area contributed by atoms with E-state index < -0.39 is 17.3 Å². The topological polar surface area (TPSA) is 109 Å². The lowest BCUT2D eigenvalue weighted by Gasteiger charge is -2.18. The molecule has 1 aromatic carbocycles. The Morgan fingerprint density at radius 1 is 1.18 bits per heavy atom. The molecule has 1 fully saturated rings. The molecule has 33 heavy (non-hydrogen) atoms. The van der Waals surface area contributed by atoms with E-state index in [1.54, 1.807) is 49.1 Å². The maximum Gasteiger partial charge on any atom is 0.272 e. The molecule has 172 valence electrons. The Morgan fingerprint density at radius 2 is 1.91 bits per heavy atom. The van der Waals surface area contributed by atoms with Crippen LogP contribution in [0.4, 0.5) is 15.2 Å². The number of pyridine rings is 1. The fraction of sp³-hybridized carbons (Fsp3) is 0.292. The minimum Gasteiger partial charge on any atom is -0.386 e. The highest BCUT2D eigenvalue weighted by atomic mass is 32.1. The summed E-state index contributed by atoms with van der Waals surface area (Å²) in [7, 11) is 0. The molecule has 4 N–H and O–H groups in total. The molecule has 1 aliphatic heterocycles. The average molecular weight is 469 g/mol. The number of nitrogens with zero attached hydrogens (tertiary/aromatic N) is 2. The molecule has 4 rings (SSSR count). The smallest absolute Gasteiger partial charge is 0.272 e.